The summed E-state index contributed by atoms with van der Waals surface area (Å²) >= 11 is 1.52. The molecular formula is C21H20N8OS. The SMILES string of the molecule is CN1CCC(c2cnc(-c3cccc(-c4ccnc(Nc5ccn(C)n5)n4)n3)s2)C1=O. The van der Waals surface area contributed by atoms with Crippen molar-refractivity contribution in [3.8, 4) is 22.1 Å². The molecule has 1 fully saturated rings. The highest BCUT2D eigenvalue weighted by Gasteiger charge is 2.32. The molecule has 0 spiro atoms. The molecule has 1 unspecified atom stereocenters. The summed E-state index contributed by atoms with van der Waals surface area (Å²) < 4.78 is 1.71. The van der Waals surface area contributed by atoms with E-state index in [9.17, 15) is 4.79 Å². The van der Waals surface area contributed by atoms with Gasteiger partial charge in [-0.2, -0.15) is 5.10 Å². The molecule has 1 saturated heterocycles. The Kier molecular flexibility index (Phi) is 4.91. The number of hydrogen-bond donors (Lipinski definition) is 1. The van der Waals surface area contributed by atoms with Crippen molar-refractivity contribution in [3.63, 3.8) is 0 Å². The number of nitrogens with zero attached hydrogens (tertiary/aromatic N) is 7. The lowest BCUT2D eigenvalue weighted by atomic mass is 10.1. The van der Waals surface area contributed by atoms with Gasteiger partial charge in [0.05, 0.1) is 23.0 Å². The second-order valence-electron chi connectivity index (χ2n) is 7.34. The number of aromatic nitrogens is 6. The molecule has 31 heavy (non-hydrogen) atoms. The molecule has 9 nitrogen and oxygen atoms in total. The molecule has 4 aromatic rings. The van der Waals surface area contributed by atoms with Crippen LogP contribution in [0.25, 0.3) is 22.1 Å². The topological polar surface area (TPSA) is 102 Å². The van der Waals surface area contributed by atoms with E-state index in [4.69, 9.17) is 4.98 Å². The molecule has 1 aliphatic rings. The molecule has 1 amide bonds. The highest BCUT2D eigenvalue weighted by Crippen LogP contribution is 2.35. The molecule has 0 saturated carbocycles. The Morgan fingerprint density at radius 2 is 1.90 bits per heavy atom. The molecule has 156 valence electrons. The third kappa shape index (κ3) is 3.89. The number of anilines is 2. The van der Waals surface area contributed by atoms with E-state index in [0.29, 0.717) is 17.5 Å². The molecule has 4 aromatic heterocycles. The maximum absolute atomic E-state index is 12.3. The fourth-order valence-electron chi connectivity index (χ4n) is 3.51. The van der Waals surface area contributed by atoms with Crippen molar-refractivity contribution >= 4 is 29.0 Å². The average Bonchev–Trinajstić information content (AvgIpc) is 3.50. The monoisotopic (exact) mass is 432 g/mol. The third-order valence-corrected chi connectivity index (χ3v) is 6.27. The van der Waals surface area contributed by atoms with Crippen molar-refractivity contribution in [2.75, 3.05) is 18.9 Å². The van der Waals surface area contributed by atoms with E-state index in [1.807, 2.05) is 50.6 Å². The van der Waals surface area contributed by atoms with Crippen molar-refractivity contribution in [1.29, 1.82) is 0 Å². The maximum Gasteiger partial charge on any atom is 0.230 e. The quantitative estimate of drug-likeness (QED) is 0.517. The summed E-state index contributed by atoms with van der Waals surface area (Å²) in [6, 6.07) is 9.42. The standard InChI is InChI=1S/C21H20N8OS/c1-28-10-7-13(20(28)30)17-12-23-19(31-17)16-5-3-4-14(24-16)15-6-9-22-21(25-15)26-18-8-11-29(2)27-18/h3-6,8-9,11-13H,7,10H2,1-2H3,(H,22,25,26,27). The number of carbonyl (C=O) groups is 1. The first-order chi connectivity index (χ1) is 15.1. The van der Waals surface area contributed by atoms with Crippen molar-refractivity contribution in [2.24, 2.45) is 7.05 Å². The first-order valence-corrected chi connectivity index (χ1v) is 10.7. The van der Waals surface area contributed by atoms with Crippen LogP contribution in [0.3, 0.4) is 0 Å². The number of pyridine rings is 1. The minimum Gasteiger partial charge on any atom is -0.345 e. The van der Waals surface area contributed by atoms with Crippen LogP contribution in [0.5, 0.6) is 0 Å². The van der Waals surface area contributed by atoms with Gasteiger partial charge in [0, 0.05) is 50.2 Å². The van der Waals surface area contributed by atoms with Gasteiger partial charge in [0.25, 0.3) is 0 Å². The molecule has 1 atom stereocenters. The van der Waals surface area contributed by atoms with Gasteiger partial charge in [-0.15, -0.1) is 11.3 Å². The van der Waals surface area contributed by atoms with Gasteiger partial charge in [-0.05, 0) is 24.6 Å². The minimum atomic E-state index is -0.0958. The molecule has 10 heteroatoms. The van der Waals surface area contributed by atoms with Crippen LogP contribution in [0.1, 0.15) is 17.2 Å². The molecule has 5 heterocycles. The van der Waals surface area contributed by atoms with E-state index in [-0.39, 0.29) is 11.8 Å². The molecular weight excluding hydrogens is 412 g/mol. The summed E-state index contributed by atoms with van der Waals surface area (Å²) in [7, 11) is 3.69. The summed E-state index contributed by atoms with van der Waals surface area (Å²) in [5, 5.41) is 8.17. The molecule has 1 aliphatic heterocycles. The van der Waals surface area contributed by atoms with Crippen LogP contribution >= 0.6 is 11.3 Å². The summed E-state index contributed by atoms with van der Waals surface area (Å²) in [6.45, 7) is 0.785. The smallest absolute Gasteiger partial charge is 0.230 e. The summed E-state index contributed by atoms with van der Waals surface area (Å²) in [6.07, 6.45) is 6.16. The lowest BCUT2D eigenvalue weighted by Gasteiger charge is -2.07. The van der Waals surface area contributed by atoms with Gasteiger partial charge < -0.3 is 10.2 Å². The summed E-state index contributed by atoms with van der Waals surface area (Å²) in [4.78, 5) is 33.2. The van der Waals surface area contributed by atoms with Gasteiger partial charge >= 0.3 is 0 Å². The van der Waals surface area contributed by atoms with Gasteiger partial charge in [0.1, 0.15) is 5.01 Å². The van der Waals surface area contributed by atoms with Crippen LogP contribution in [0.2, 0.25) is 0 Å². The number of aryl methyl sites for hydroxylation is 1. The second kappa shape index (κ2) is 7.88. The Labute approximate surface area is 182 Å². The molecule has 5 rings (SSSR count). The summed E-state index contributed by atoms with van der Waals surface area (Å²) in [5.41, 5.74) is 2.17. The molecule has 0 aromatic carbocycles. The molecule has 0 bridgehead atoms. The van der Waals surface area contributed by atoms with Crippen LogP contribution in [0.15, 0.2) is 48.9 Å². The number of amides is 1. The number of hydrogen-bond acceptors (Lipinski definition) is 8. The number of likely N-dealkylation sites (N-methyl/N-ethyl adjacent to an activating group) is 1. The highest BCUT2D eigenvalue weighted by atomic mass is 32.1. The van der Waals surface area contributed by atoms with Gasteiger partial charge in [-0.3, -0.25) is 9.48 Å². The van der Waals surface area contributed by atoms with E-state index in [1.165, 1.54) is 11.3 Å². The fourth-order valence-corrected chi connectivity index (χ4v) is 4.52. The third-order valence-electron chi connectivity index (χ3n) is 5.13. The molecule has 1 N–H and O–H groups in total. The normalized spacial score (nSPS) is 16.1. The van der Waals surface area contributed by atoms with Crippen LogP contribution in [-0.4, -0.2) is 54.1 Å². The predicted molar refractivity (Wildman–Crippen MR) is 118 cm³/mol. The van der Waals surface area contributed by atoms with E-state index in [1.54, 1.807) is 22.0 Å². The Morgan fingerprint density at radius 3 is 2.68 bits per heavy atom. The van der Waals surface area contributed by atoms with Gasteiger partial charge in [0.2, 0.25) is 11.9 Å². The van der Waals surface area contributed by atoms with Gasteiger partial charge in [-0.25, -0.2) is 19.9 Å². The molecule has 0 radical (unpaired) electrons. The average molecular weight is 433 g/mol. The Balaban J connectivity index is 1.40. The van der Waals surface area contributed by atoms with Crippen molar-refractivity contribution in [1.82, 2.24) is 34.6 Å². The van der Waals surface area contributed by atoms with Crippen LogP contribution < -0.4 is 5.32 Å². The zero-order valence-corrected chi connectivity index (χ0v) is 17.9. The lowest BCUT2D eigenvalue weighted by molar-refractivity contribution is -0.127. The van der Waals surface area contributed by atoms with E-state index < -0.39 is 0 Å². The van der Waals surface area contributed by atoms with E-state index >= 15 is 0 Å². The van der Waals surface area contributed by atoms with Crippen molar-refractivity contribution in [2.45, 2.75) is 12.3 Å². The number of likely N-dealkylation sites (tertiary alicyclic amines) is 1. The Hall–Kier alpha value is -3.66. The first-order valence-electron chi connectivity index (χ1n) is 9.85. The summed E-state index contributed by atoms with van der Waals surface area (Å²) in [5.74, 6) is 1.18. The Morgan fingerprint density at radius 1 is 1.06 bits per heavy atom. The number of thiazole rings is 1. The van der Waals surface area contributed by atoms with Gasteiger partial charge in [0.15, 0.2) is 5.82 Å². The van der Waals surface area contributed by atoms with Crippen molar-refractivity contribution in [3.05, 3.63) is 53.8 Å². The largest absolute Gasteiger partial charge is 0.345 e. The number of rotatable bonds is 5. The van der Waals surface area contributed by atoms with E-state index in [2.05, 4.69) is 25.4 Å². The van der Waals surface area contributed by atoms with Crippen LogP contribution in [0, 0.1) is 0 Å². The minimum absolute atomic E-state index is 0.0958. The molecule has 0 aliphatic carbocycles. The Bertz CT molecular complexity index is 1250. The van der Waals surface area contributed by atoms with Gasteiger partial charge in [-0.1, -0.05) is 6.07 Å². The van der Waals surface area contributed by atoms with E-state index in [0.717, 1.165) is 34.2 Å². The number of carbonyl (C=O) groups excluding carboxylic acids is 1. The highest BCUT2D eigenvalue weighted by molar-refractivity contribution is 7.15. The zero-order chi connectivity index (χ0) is 21.4. The first kappa shape index (κ1) is 19.3. The van der Waals surface area contributed by atoms with Crippen LogP contribution in [0.4, 0.5) is 11.8 Å². The fraction of sp³-hybridized carbons (Fsp3) is 0.238. The predicted octanol–water partition coefficient (Wildman–Crippen LogP) is 3.08. The zero-order valence-electron chi connectivity index (χ0n) is 17.1. The number of nitrogens with one attached hydrogen (secondary N) is 1. The van der Waals surface area contributed by atoms with Crippen molar-refractivity contribution < 1.29 is 4.79 Å². The van der Waals surface area contributed by atoms with Crippen LogP contribution in [-0.2, 0) is 11.8 Å². The second-order valence-corrected chi connectivity index (χ2v) is 8.40. The maximum atomic E-state index is 12.3. The lowest BCUT2D eigenvalue weighted by Crippen LogP contribution is -2.21.